The van der Waals surface area contributed by atoms with Gasteiger partial charge in [-0.25, -0.2) is 0 Å². The molecule has 0 aromatic carbocycles. The Hall–Kier alpha value is -0.690. The Morgan fingerprint density at radius 2 is 1.89 bits per heavy atom. The van der Waals surface area contributed by atoms with Crippen LogP contribution >= 0.6 is 0 Å². The number of ether oxygens (including phenoxy) is 3. The molecular weight excluding hydrogens is 248 g/mol. The van der Waals surface area contributed by atoms with Crippen LogP contribution in [0.25, 0.3) is 0 Å². The van der Waals surface area contributed by atoms with Crippen LogP contribution in [0.5, 0.6) is 0 Å². The third kappa shape index (κ3) is 6.33. The molecule has 19 heavy (non-hydrogen) atoms. The van der Waals surface area contributed by atoms with Gasteiger partial charge < -0.3 is 24.4 Å². The molecule has 0 aromatic heterocycles. The fraction of sp³-hybridized carbons (Fsp3) is 0.923. The molecule has 1 fully saturated rings. The molecule has 1 aliphatic heterocycles. The molecule has 1 rings (SSSR count). The standard InChI is InChI=1S/C13H26N2O4/c1-3-17-9-6-15(7-10-18-4-2)13(16)12-11-14-5-8-19-12/h12,14H,3-11H2,1-2H3. The zero-order valence-corrected chi connectivity index (χ0v) is 12.0. The van der Waals surface area contributed by atoms with Gasteiger partial charge in [0.2, 0.25) is 0 Å². The topological polar surface area (TPSA) is 60.0 Å². The molecule has 6 nitrogen and oxygen atoms in total. The van der Waals surface area contributed by atoms with Gasteiger partial charge in [-0.1, -0.05) is 0 Å². The Morgan fingerprint density at radius 1 is 1.26 bits per heavy atom. The average Bonchev–Trinajstić information content (AvgIpc) is 2.46. The van der Waals surface area contributed by atoms with Crippen LogP contribution < -0.4 is 5.32 Å². The molecule has 1 atom stereocenters. The van der Waals surface area contributed by atoms with Gasteiger partial charge in [-0.15, -0.1) is 0 Å². The van der Waals surface area contributed by atoms with Crippen molar-refractivity contribution in [3.05, 3.63) is 0 Å². The van der Waals surface area contributed by atoms with Crippen LogP contribution in [0.1, 0.15) is 13.8 Å². The normalized spacial score (nSPS) is 19.4. The molecule has 1 saturated heterocycles. The second-order valence-electron chi connectivity index (χ2n) is 4.28. The van der Waals surface area contributed by atoms with Gasteiger partial charge in [-0.2, -0.15) is 0 Å². The van der Waals surface area contributed by atoms with Crippen LogP contribution in [0.4, 0.5) is 0 Å². The Morgan fingerprint density at radius 3 is 2.37 bits per heavy atom. The number of carbonyl (C=O) groups excluding carboxylic acids is 1. The highest BCUT2D eigenvalue weighted by atomic mass is 16.5. The molecule has 1 N–H and O–H groups in total. The van der Waals surface area contributed by atoms with Crippen LogP contribution in [-0.4, -0.2) is 76.1 Å². The van der Waals surface area contributed by atoms with E-state index in [4.69, 9.17) is 14.2 Å². The molecule has 0 saturated carbocycles. The third-order valence-corrected chi connectivity index (χ3v) is 2.93. The lowest BCUT2D eigenvalue weighted by Gasteiger charge is -2.29. The largest absolute Gasteiger partial charge is 0.380 e. The number of hydrogen-bond donors (Lipinski definition) is 1. The van der Waals surface area contributed by atoms with Gasteiger partial charge in [0.15, 0.2) is 0 Å². The van der Waals surface area contributed by atoms with E-state index in [-0.39, 0.29) is 12.0 Å². The lowest BCUT2D eigenvalue weighted by molar-refractivity contribution is -0.146. The van der Waals surface area contributed by atoms with Gasteiger partial charge in [0.05, 0.1) is 19.8 Å². The van der Waals surface area contributed by atoms with Crippen molar-refractivity contribution >= 4 is 5.91 Å². The van der Waals surface area contributed by atoms with Gasteiger partial charge in [-0.3, -0.25) is 4.79 Å². The first-order chi connectivity index (χ1) is 9.29. The number of morpholine rings is 1. The second-order valence-corrected chi connectivity index (χ2v) is 4.28. The number of rotatable bonds is 9. The van der Waals surface area contributed by atoms with Crippen LogP contribution in [-0.2, 0) is 19.0 Å². The van der Waals surface area contributed by atoms with Crippen molar-refractivity contribution < 1.29 is 19.0 Å². The fourth-order valence-electron chi connectivity index (χ4n) is 1.90. The minimum atomic E-state index is -0.378. The number of carbonyl (C=O) groups is 1. The lowest BCUT2D eigenvalue weighted by atomic mass is 10.2. The zero-order chi connectivity index (χ0) is 13.9. The summed E-state index contributed by atoms with van der Waals surface area (Å²) >= 11 is 0. The fourth-order valence-corrected chi connectivity index (χ4v) is 1.90. The summed E-state index contributed by atoms with van der Waals surface area (Å²) in [5.41, 5.74) is 0. The highest BCUT2D eigenvalue weighted by Crippen LogP contribution is 2.03. The van der Waals surface area contributed by atoms with Crippen LogP contribution in [0.3, 0.4) is 0 Å². The molecule has 1 aliphatic rings. The van der Waals surface area contributed by atoms with Crippen molar-refractivity contribution in [1.29, 1.82) is 0 Å². The number of nitrogens with zero attached hydrogens (tertiary/aromatic N) is 1. The second kappa shape index (κ2) is 10.1. The van der Waals surface area contributed by atoms with Crippen molar-refractivity contribution in [3.8, 4) is 0 Å². The molecule has 1 heterocycles. The van der Waals surface area contributed by atoms with Crippen molar-refractivity contribution in [1.82, 2.24) is 10.2 Å². The summed E-state index contributed by atoms with van der Waals surface area (Å²) in [6, 6.07) is 0. The minimum Gasteiger partial charge on any atom is -0.380 e. The Labute approximate surface area is 115 Å². The summed E-state index contributed by atoms with van der Waals surface area (Å²) in [4.78, 5) is 14.1. The molecule has 0 aromatic rings. The Kier molecular flexibility index (Phi) is 8.73. The molecule has 112 valence electrons. The van der Waals surface area contributed by atoms with Gasteiger partial charge in [0, 0.05) is 39.4 Å². The van der Waals surface area contributed by atoms with E-state index in [1.54, 1.807) is 4.90 Å². The lowest BCUT2D eigenvalue weighted by Crippen LogP contribution is -2.50. The quantitative estimate of drug-likeness (QED) is 0.594. The van der Waals surface area contributed by atoms with Crippen molar-refractivity contribution in [2.75, 3.05) is 59.2 Å². The number of amides is 1. The van der Waals surface area contributed by atoms with E-state index in [2.05, 4.69) is 5.32 Å². The van der Waals surface area contributed by atoms with Crippen molar-refractivity contribution in [2.45, 2.75) is 20.0 Å². The molecule has 0 bridgehead atoms. The summed E-state index contributed by atoms with van der Waals surface area (Å²) in [7, 11) is 0. The van der Waals surface area contributed by atoms with E-state index in [0.717, 1.165) is 6.54 Å². The average molecular weight is 274 g/mol. The van der Waals surface area contributed by atoms with Gasteiger partial charge >= 0.3 is 0 Å². The van der Waals surface area contributed by atoms with Crippen LogP contribution in [0.2, 0.25) is 0 Å². The molecule has 0 spiro atoms. The monoisotopic (exact) mass is 274 g/mol. The Balaban J connectivity index is 2.41. The van der Waals surface area contributed by atoms with E-state index >= 15 is 0 Å². The van der Waals surface area contributed by atoms with Gasteiger partial charge in [0.25, 0.3) is 5.91 Å². The maximum absolute atomic E-state index is 12.3. The first-order valence-electron chi connectivity index (χ1n) is 7.06. The maximum atomic E-state index is 12.3. The highest BCUT2D eigenvalue weighted by molar-refractivity contribution is 5.81. The Bertz CT molecular complexity index is 235. The van der Waals surface area contributed by atoms with Crippen LogP contribution in [0, 0.1) is 0 Å². The van der Waals surface area contributed by atoms with Crippen molar-refractivity contribution in [3.63, 3.8) is 0 Å². The minimum absolute atomic E-state index is 0.0200. The summed E-state index contributed by atoms with van der Waals surface area (Å²) in [5.74, 6) is 0.0200. The third-order valence-electron chi connectivity index (χ3n) is 2.93. The molecule has 1 unspecified atom stereocenters. The highest BCUT2D eigenvalue weighted by Gasteiger charge is 2.26. The first kappa shape index (κ1) is 16.4. The van der Waals surface area contributed by atoms with Gasteiger partial charge in [-0.05, 0) is 13.8 Å². The number of hydrogen-bond acceptors (Lipinski definition) is 5. The molecule has 1 amide bonds. The first-order valence-corrected chi connectivity index (χ1v) is 7.06. The van der Waals surface area contributed by atoms with E-state index in [1.165, 1.54) is 0 Å². The van der Waals surface area contributed by atoms with E-state index in [0.29, 0.717) is 52.7 Å². The predicted molar refractivity (Wildman–Crippen MR) is 72.2 cm³/mol. The van der Waals surface area contributed by atoms with Crippen LogP contribution in [0.15, 0.2) is 0 Å². The number of nitrogens with one attached hydrogen (secondary N) is 1. The van der Waals surface area contributed by atoms with E-state index in [1.807, 2.05) is 13.8 Å². The van der Waals surface area contributed by atoms with Gasteiger partial charge in [0.1, 0.15) is 6.10 Å². The predicted octanol–water partition coefficient (Wildman–Crippen LogP) is -0.124. The zero-order valence-electron chi connectivity index (χ0n) is 12.0. The van der Waals surface area contributed by atoms with E-state index in [9.17, 15) is 4.79 Å². The smallest absolute Gasteiger partial charge is 0.253 e. The molecule has 0 aliphatic carbocycles. The maximum Gasteiger partial charge on any atom is 0.253 e. The summed E-state index contributed by atoms with van der Waals surface area (Å²) < 4.78 is 16.1. The summed E-state index contributed by atoms with van der Waals surface area (Å²) in [6.45, 7) is 9.45. The van der Waals surface area contributed by atoms with Crippen molar-refractivity contribution in [2.24, 2.45) is 0 Å². The molecule has 0 radical (unpaired) electrons. The summed E-state index contributed by atoms with van der Waals surface area (Å²) in [5, 5.41) is 3.17. The summed E-state index contributed by atoms with van der Waals surface area (Å²) in [6.07, 6.45) is -0.378. The molecular formula is C13H26N2O4. The molecule has 6 heteroatoms. The SMILES string of the molecule is CCOCCN(CCOCC)C(=O)C1CNCCO1. The van der Waals surface area contributed by atoms with E-state index < -0.39 is 0 Å².